The van der Waals surface area contributed by atoms with E-state index >= 15 is 0 Å². The monoisotopic (exact) mass is 459 g/mol. The van der Waals surface area contributed by atoms with Crippen molar-refractivity contribution >= 4 is 34.3 Å². The van der Waals surface area contributed by atoms with Gasteiger partial charge >= 0.3 is 0 Å². The van der Waals surface area contributed by atoms with E-state index in [1.165, 1.54) is 19.8 Å². The fourth-order valence-electron chi connectivity index (χ4n) is 5.08. The average Bonchev–Trinajstić information content (AvgIpc) is 3.53. The van der Waals surface area contributed by atoms with Gasteiger partial charge in [0.15, 0.2) is 5.78 Å². The third-order valence-electron chi connectivity index (χ3n) is 7.08. The highest BCUT2D eigenvalue weighted by Gasteiger charge is 2.28. The number of nitrogens with zero attached hydrogens (tertiary/aromatic N) is 4. The Kier molecular flexibility index (Phi) is 6.13. The number of hydrogen-bond donors (Lipinski definition) is 1. The molecule has 0 bridgehead atoms. The van der Waals surface area contributed by atoms with Crippen molar-refractivity contribution in [1.29, 1.82) is 0 Å². The molecule has 0 atom stereocenters. The topological polar surface area (TPSA) is 97.2 Å². The van der Waals surface area contributed by atoms with E-state index in [4.69, 9.17) is 0 Å². The molecule has 2 aliphatic rings. The van der Waals surface area contributed by atoms with Crippen LogP contribution in [-0.2, 0) is 4.79 Å². The van der Waals surface area contributed by atoms with Crippen LogP contribution in [0.25, 0.3) is 11.0 Å². The highest BCUT2D eigenvalue weighted by Crippen LogP contribution is 2.31. The van der Waals surface area contributed by atoms with Crippen LogP contribution in [0.15, 0.2) is 42.5 Å². The number of rotatable bonds is 5. The van der Waals surface area contributed by atoms with Gasteiger partial charge in [-0.3, -0.25) is 14.4 Å². The number of carbonyl (C=O) groups is 3. The molecule has 2 heterocycles. The average molecular weight is 460 g/mol. The molecule has 2 amide bonds. The maximum atomic E-state index is 13.1. The Bertz CT molecular complexity index is 1240. The van der Waals surface area contributed by atoms with Crippen LogP contribution in [0.3, 0.4) is 0 Å². The molecule has 3 aromatic rings. The SMILES string of the molecule is CC(=O)c1cccc(NC(=O)C2CCN(C(=O)c3ccc4c(c3)nnn4C3CCCC3)CC2)c1. The van der Waals surface area contributed by atoms with E-state index in [1.807, 2.05) is 27.8 Å². The largest absolute Gasteiger partial charge is 0.339 e. The van der Waals surface area contributed by atoms with Crippen molar-refractivity contribution in [2.45, 2.75) is 51.5 Å². The molecule has 2 fully saturated rings. The van der Waals surface area contributed by atoms with Gasteiger partial charge in [0.2, 0.25) is 5.91 Å². The summed E-state index contributed by atoms with van der Waals surface area (Å²) in [5, 5.41) is 11.6. The maximum absolute atomic E-state index is 13.1. The molecule has 176 valence electrons. The van der Waals surface area contributed by atoms with Crippen molar-refractivity contribution in [2.24, 2.45) is 5.92 Å². The fourth-order valence-corrected chi connectivity index (χ4v) is 5.08. The summed E-state index contributed by atoms with van der Waals surface area (Å²) in [5.74, 6) is -0.316. The number of hydrogen-bond acceptors (Lipinski definition) is 5. The van der Waals surface area contributed by atoms with Gasteiger partial charge in [-0.25, -0.2) is 4.68 Å². The van der Waals surface area contributed by atoms with Crippen molar-refractivity contribution in [2.75, 3.05) is 18.4 Å². The van der Waals surface area contributed by atoms with E-state index < -0.39 is 0 Å². The Morgan fingerprint density at radius 1 is 0.941 bits per heavy atom. The summed E-state index contributed by atoms with van der Waals surface area (Å²) in [6.45, 7) is 2.55. The van der Waals surface area contributed by atoms with Crippen molar-refractivity contribution < 1.29 is 14.4 Å². The lowest BCUT2D eigenvalue weighted by molar-refractivity contribution is -0.121. The summed E-state index contributed by atoms with van der Waals surface area (Å²) in [6, 6.07) is 13.0. The van der Waals surface area contributed by atoms with Crippen LogP contribution in [0.1, 0.15) is 72.2 Å². The summed E-state index contributed by atoms with van der Waals surface area (Å²) in [7, 11) is 0. The van der Waals surface area contributed by atoms with Crippen molar-refractivity contribution in [3.63, 3.8) is 0 Å². The third-order valence-corrected chi connectivity index (χ3v) is 7.08. The molecule has 34 heavy (non-hydrogen) atoms. The van der Waals surface area contributed by atoms with Crippen LogP contribution >= 0.6 is 0 Å². The second-order valence-electron chi connectivity index (χ2n) is 9.37. The molecule has 0 unspecified atom stereocenters. The van der Waals surface area contributed by atoms with Crippen molar-refractivity contribution in [3.05, 3.63) is 53.6 Å². The van der Waals surface area contributed by atoms with Gasteiger partial charge in [0.25, 0.3) is 5.91 Å². The van der Waals surface area contributed by atoms with Gasteiger partial charge < -0.3 is 10.2 Å². The summed E-state index contributed by atoms with van der Waals surface area (Å²) < 4.78 is 2.01. The van der Waals surface area contributed by atoms with Crippen LogP contribution in [0.4, 0.5) is 5.69 Å². The normalized spacial score (nSPS) is 17.3. The van der Waals surface area contributed by atoms with E-state index in [0.29, 0.717) is 48.8 Å². The molecule has 1 N–H and O–H groups in total. The minimum atomic E-state index is -0.168. The van der Waals surface area contributed by atoms with Gasteiger partial charge in [-0.15, -0.1) is 5.10 Å². The second kappa shape index (κ2) is 9.37. The van der Waals surface area contributed by atoms with Gasteiger partial charge in [-0.2, -0.15) is 0 Å². The number of ketones is 1. The number of fused-ring (bicyclic) bond motifs is 1. The lowest BCUT2D eigenvalue weighted by Crippen LogP contribution is -2.41. The maximum Gasteiger partial charge on any atom is 0.253 e. The molecular formula is C26H29N5O3. The predicted octanol–water partition coefficient (Wildman–Crippen LogP) is 4.24. The van der Waals surface area contributed by atoms with Crippen LogP contribution in [-0.4, -0.2) is 50.6 Å². The van der Waals surface area contributed by atoms with E-state index in [-0.39, 0.29) is 23.5 Å². The first-order chi connectivity index (χ1) is 16.5. The standard InChI is InChI=1S/C26H29N5O3/c1-17(32)19-5-4-6-21(15-19)27-25(33)18-11-13-30(14-12-18)26(34)20-9-10-24-23(16-20)28-29-31(24)22-7-2-3-8-22/h4-6,9-10,15-16,18,22H,2-3,7-8,11-14H2,1H3,(H,27,33). The quantitative estimate of drug-likeness (QED) is 0.576. The fraction of sp³-hybridized carbons (Fsp3) is 0.423. The van der Waals surface area contributed by atoms with Crippen molar-refractivity contribution in [1.82, 2.24) is 19.9 Å². The number of carbonyl (C=O) groups excluding carboxylic acids is 3. The highest BCUT2D eigenvalue weighted by atomic mass is 16.2. The molecule has 1 aliphatic carbocycles. The Morgan fingerprint density at radius 2 is 1.71 bits per heavy atom. The molecule has 2 aromatic carbocycles. The molecule has 1 aliphatic heterocycles. The number of piperidine rings is 1. The Hall–Kier alpha value is -3.55. The summed E-state index contributed by atoms with van der Waals surface area (Å²) in [4.78, 5) is 39.2. The number of Topliss-reactive ketones (excluding diaryl/α,β-unsaturated/α-hetero) is 1. The Labute approximate surface area is 198 Å². The van der Waals surface area contributed by atoms with E-state index in [9.17, 15) is 14.4 Å². The first kappa shape index (κ1) is 22.3. The van der Waals surface area contributed by atoms with Gasteiger partial charge in [-0.1, -0.05) is 30.2 Å². The number of nitrogens with one attached hydrogen (secondary N) is 1. The van der Waals surface area contributed by atoms with Crippen LogP contribution in [0.5, 0.6) is 0 Å². The zero-order valence-corrected chi connectivity index (χ0v) is 19.4. The molecule has 1 saturated carbocycles. The number of likely N-dealkylation sites (tertiary alicyclic amines) is 1. The van der Waals surface area contributed by atoms with Crippen molar-refractivity contribution in [3.8, 4) is 0 Å². The lowest BCUT2D eigenvalue weighted by atomic mass is 9.95. The lowest BCUT2D eigenvalue weighted by Gasteiger charge is -2.31. The summed E-state index contributed by atoms with van der Waals surface area (Å²) in [6.07, 6.45) is 5.91. The smallest absolute Gasteiger partial charge is 0.253 e. The van der Waals surface area contributed by atoms with Gasteiger partial charge in [0.1, 0.15) is 5.52 Å². The van der Waals surface area contributed by atoms with Gasteiger partial charge in [-0.05, 0) is 62.9 Å². The minimum absolute atomic E-state index is 0.0367. The number of amides is 2. The highest BCUT2D eigenvalue weighted by molar-refractivity contribution is 5.99. The number of benzene rings is 2. The van der Waals surface area contributed by atoms with Gasteiger partial charge in [0, 0.05) is 35.8 Å². The first-order valence-electron chi connectivity index (χ1n) is 12.1. The molecule has 1 saturated heterocycles. The van der Waals surface area contributed by atoms with Crippen LogP contribution in [0.2, 0.25) is 0 Å². The molecule has 1 aromatic heterocycles. The van der Waals surface area contributed by atoms with Gasteiger partial charge in [0.05, 0.1) is 11.6 Å². The summed E-state index contributed by atoms with van der Waals surface area (Å²) in [5.41, 5.74) is 3.52. The Balaban J connectivity index is 1.20. The zero-order valence-electron chi connectivity index (χ0n) is 19.4. The molecule has 0 radical (unpaired) electrons. The van der Waals surface area contributed by atoms with E-state index in [0.717, 1.165) is 23.9 Å². The minimum Gasteiger partial charge on any atom is -0.339 e. The molecule has 8 nitrogen and oxygen atoms in total. The van der Waals surface area contributed by atoms with E-state index in [1.54, 1.807) is 24.3 Å². The Morgan fingerprint density at radius 3 is 2.44 bits per heavy atom. The zero-order chi connectivity index (χ0) is 23.7. The first-order valence-corrected chi connectivity index (χ1v) is 12.1. The van der Waals surface area contributed by atoms with Crippen LogP contribution in [0, 0.1) is 5.92 Å². The molecule has 8 heteroatoms. The molecule has 5 rings (SSSR count). The third kappa shape index (κ3) is 4.44. The summed E-state index contributed by atoms with van der Waals surface area (Å²) >= 11 is 0. The number of anilines is 1. The molecule has 0 spiro atoms. The predicted molar refractivity (Wildman–Crippen MR) is 129 cm³/mol. The second-order valence-corrected chi connectivity index (χ2v) is 9.37. The number of aromatic nitrogens is 3. The van der Waals surface area contributed by atoms with Crippen LogP contribution < -0.4 is 5.32 Å². The van der Waals surface area contributed by atoms with E-state index in [2.05, 4.69) is 15.6 Å². The molecular weight excluding hydrogens is 430 g/mol.